The van der Waals surface area contributed by atoms with Gasteiger partial charge in [0.1, 0.15) is 5.82 Å². The third kappa shape index (κ3) is 5.45. The molecule has 0 bridgehead atoms. The minimum Gasteiger partial charge on any atom is -0.349 e. The zero-order chi connectivity index (χ0) is 20.9. The Bertz CT molecular complexity index is 778. The average Bonchev–Trinajstić information content (AvgIpc) is 2.63. The van der Waals surface area contributed by atoms with Gasteiger partial charge in [-0.25, -0.2) is 21.6 Å². The summed E-state index contributed by atoms with van der Waals surface area (Å²) in [6, 6.07) is 2.88. The van der Waals surface area contributed by atoms with Gasteiger partial charge in [-0.3, -0.25) is 9.69 Å². The standard InChI is InChI=1S/C18H26F3N3O3S/c1-3-24(4-2)28(26,27)14-5-6-16(19)15(11-14)18(25)22-13-7-9-23(10-8-13)12-17(20)21/h5-6,11,13,17H,3-4,7-10,12H2,1-2H3,(H,22,25). The highest BCUT2D eigenvalue weighted by Crippen LogP contribution is 2.20. The minimum atomic E-state index is -3.82. The van der Waals surface area contributed by atoms with Gasteiger partial charge in [-0.05, 0) is 31.0 Å². The predicted molar refractivity (Wildman–Crippen MR) is 99.4 cm³/mol. The van der Waals surface area contributed by atoms with Crippen LogP contribution >= 0.6 is 0 Å². The predicted octanol–water partition coefficient (Wildman–Crippen LogP) is 2.32. The lowest BCUT2D eigenvalue weighted by Crippen LogP contribution is -2.46. The number of benzene rings is 1. The van der Waals surface area contributed by atoms with Crippen molar-refractivity contribution in [1.29, 1.82) is 0 Å². The quantitative estimate of drug-likeness (QED) is 0.700. The van der Waals surface area contributed by atoms with Gasteiger partial charge in [-0.1, -0.05) is 13.8 Å². The van der Waals surface area contributed by atoms with E-state index < -0.39 is 28.2 Å². The van der Waals surface area contributed by atoms with E-state index in [-0.39, 0.29) is 36.1 Å². The van der Waals surface area contributed by atoms with E-state index in [2.05, 4.69) is 5.32 Å². The maximum Gasteiger partial charge on any atom is 0.254 e. The van der Waals surface area contributed by atoms with Gasteiger partial charge in [0.25, 0.3) is 12.3 Å². The van der Waals surface area contributed by atoms with E-state index in [1.54, 1.807) is 18.7 Å². The fourth-order valence-electron chi connectivity index (χ4n) is 3.27. The number of hydrogen-bond acceptors (Lipinski definition) is 4. The molecule has 158 valence electrons. The first-order valence-electron chi connectivity index (χ1n) is 9.30. The average molecular weight is 421 g/mol. The zero-order valence-corrected chi connectivity index (χ0v) is 16.8. The summed E-state index contributed by atoms with van der Waals surface area (Å²) >= 11 is 0. The van der Waals surface area contributed by atoms with Gasteiger partial charge >= 0.3 is 0 Å². The number of carbonyl (C=O) groups is 1. The van der Waals surface area contributed by atoms with Crippen LogP contribution < -0.4 is 5.32 Å². The molecule has 6 nitrogen and oxygen atoms in total. The van der Waals surface area contributed by atoms with Gasteiger partial charge in [0.2, 0.25) is 10.0 Å². The number of halogens is 3. The van der Waals surface area contributed by atoms with Gasteiger partial charge in [-0.15, -0.1) is 0 Å². The van der Waals surface area contributed by atoms with Gasteiger partial charge in [0.05, 0.1) is 17.0 Å². The topological polar surface area (TPSA) is 69.7 Å². The van der Waals surface area contributed by atoms with Crippen LogP contribution in [-0.4, -0.2) is 68.7 Å². The molecule has 1 heterocycles. The van der Waals surface area contributed by atoms with E-state index in [0.717, 1.165) is 18.2 Å². The molecule has 2 rings (SSSR count). The van der Waals surface area contributed by atoms with Crippen LogP contribution in [0.25, 0.3) is 0 Å². The molecule has 0 spiro atoms. The molecule has 1 N–H and O–H groups in total. The molecular formula is C18H26F3N3O3S. The van der Waals surface area contributed by atoms with Crippen molar-refractivity contribution >= 4 is 15.9 Å². The largest absolute Gasteiger partial charge is 0.349 e. The van der Waals surface area contributed by atoms with Gasteiger partial charge in [0, 0.05) is 32.2 Å². The number of hydrogen-bond donors (Lipinski definition) is 1. The van der Waals surface area contributed by atoms with Crippen LogP contribution in [0.5, 0.6) is 0 Å². The fourth-order valence-corrected chi connectivity index (χ4v) is 4.75. The molecule has 0 radical (unpaired) electrons. The van der Waals surface area contributed by atoms with Gasteiger partial charge in [-0.2, -0.15) is 4.31 Å². The lowest BCUT2D eigenvalue weighted by molar-refractivity contribution is 0.0695. The number of rotatable bonds is 8. The Hall–Kier alpha value is -1.65. The van der Waals surface area contributed by atoms with Crippen molar-refractivity contribution in [2.45, 2.75) is 44.1 Å². The molecule has 1 aromatic rings. The summed E-state index contributed by atoms with van der Waals surface area (Å²) in [5.41, 5.74) is -0.344. The molecule has 1 aromatic carbocycles. The Morgan fingerprint density at radius 3 is 2.39 bits per heavy atom. The van der Waals surface area contributed by atoms with Crippen LogP contribution in [-0.2, 0) is 10.0 Å². The SMILES string of the molecule is CCN(CC)S(=O)(=O)c1ccc(F)c(C(=O)NC2CCN(CC(F)F)CC2)c1. The van der Waals surface area contributed by atoms with E-state index in [0.29, 0.717) is 25.9 Å². The number of piperidine rings is 1. The lowest BCUT2D eigenvalue weighted by atomic mass is 10.0. The maximum absolute atomic E-state index is 14.2. The van der Waals surface area contributed by atoms with Crippen molar-refractivity contribution in [2.24, 2.45) is 0 Å². The van der Waals surface area contributed by atoms with Crippen LogP contribution in [0.4, 0.5) is 13.2 Å². The fraction of sp³-hybridized carbons (Fsp3) is 0.611. The number of nitrogens with zero attached hydrogens (tertiary/aromatic N) is 2. The van der Waals surface area contributed by atoms with Crippen LogP contribution in [0.1, 0.15) is 37.0 Å². The summed E-state index contributed by atoms with van der Waals surface area (Å²) in [7, 11) is -3.82. The molecular weight excluding hydrogens is 395 g/mol. The Kier molecular flexibility index (Phi) is 7.85. The van der Waals surface area contributed by atoms with Crippen LogP contribution in [0.2, 0.25) is 0 Å². The molecule has 1 saturated heterocycles. The van der Waals surface area contributed by atoms with E-state index in [1.165, 1.54) is 4.31 Å². The molecule has 28 heavy (non-hydrogen) atoms. The first-order chi connectivity index (χ1) is 13.2. The highest BCUT2D eigenvalue weighted by molar-refractivity contribution is 7.89. The van der Waals surface area contributed by atoms with E-state index >= 15 is 0 Å². The van der Waals surface area contributed by atoms with E-state index in [1.807, 2.05) is 0 Å². The normalized spacial score (nSPS) is 16.7. The maximum atomic E-state index is 14.2. The van der Waals surface area contributed by atoms with Crippen LogP contribution in [0, 0.1) is 5.82 Å². The van der Waals surface area contributed by atoms with Crippen molar-refractivity contribution in [3.63, 3.8) is 0 Å². The second-order valence-electron chi connectivity index (χ2n) is 6.67. The van der Waals surface area contributed by atoms with E-state index in [4.69, 9.17) is 0 Å². The molecule has 1 fully saturated rings. The summed E-state index contributed by atoms with van der Waals surface area (Å²) in [5, 5.41) is 2.68. The van der Waals surface area contributed by atoms with Gasteiger partial charge in [0.15, 0.2) is 0 Å². The molecule has 0 unspecified atom stereocenters. The Labute approximate surface area is 163 Å². The number of carbonyl (C=O) groups excluding carboxylic acids is 1. The summed E-state index contributed by atoms with van der Waals surface area (Å²) in [4.78, 5) is 14.0. The summed E-state index contributed by atoms with van der Waals surface area (Å²) in [6.07, 6.45) is -1.47. The second-order valence-corrected chi connectivity index (χ2v) is 8.61. The molecule has 10 heteroatoms. The van der Waals surface area contributed by atoms with Crippen LogP contribution in [0.3, 0.4) is 0 Å². The van der Waals surface area contributed by atoms with Crippen molar-refractivity contribution in [2.75, 3.05) is 32.7 Å². The number of amides is 1. The van der Waals surface area contributed by atoms with Crippen molar-refractivity contribution in [1.82, 2.24) is 14.5 Å². The Morgan fingerprint density at radius 1 is 1.25 bits per heavy atom. The molecule has 1 aliphatic heterocycles. The summed E-state index contributed by atoms with van der Waals surface area (Å²) in [6.45, 7) is 4.42. The second kappa shape index (κ2) is 9.71. The highest BCUT2D eigenvalue weighted by atomic mass is 32.2. The third-order valence-electron chi connectivity index (χ3n) is 4.84. The monoisotopic (exact) mass is 421 g/mol. The smallest absolute Gasteiger partial charge is 0.254 e. The molecule has 0 atom stereocenters. The Morgan fingerprint density at radius 2 is 1.86 bits per heavy atom. The zero-order valence-electron chi connectivity index (χ0n) is 16.0. The van der Waals surface area contributed by atoms with E-state index in [9.17, 15) is 26.4 Å². The first kappa shape index (κ1) is 22.6. The Balaban J connectivity index is 2.10. The number of sulfonamides is 1. The molecule has 1 amide bonds. The third-order valence-corrected chi connectivity index (χ3v) is 6.89. The lowest BCUT2D eigenvalue weighted by Gasteiger charge is -2.32. The molecule has 0 aromatic heterocycles. The van der Waals surface area contributed by atoms with Crippen LogP contribution in [0.15, 0.2) is 23.1 Å². The minimum absolute atomic E-state index is 0.144. The number of alkyl halides is 2. The molecule has 1 aliphatic rings. The highest BCUT2D eigenvalue weighted by Gasteiger charge is 2.26. The molecule has 0 aliphatic carbocycles. The number of likely N-dealkylation sites (tertiary alicyclic amines) is 1. The number of nitrogens with one attached hydrogen (secondary N) is 1. The van der Waals surface area contributed by atoms with Crippen molar-refractivity contribution in [3.05, 3.63) is 29.6 Å². The van der Waals surface area contributed by atoms with Crippen molar-refractivity contribution in [3.8, 4) is 0 Å². The van der Waals surface area contributed by atoms with Gasteiger partial charge < -0.3 is 5.32 Å². The molecule has 0 saturated carbocycles. The summed E-state index contributed by atoms with van der Waals surface area (Å²) < 4.78 is 65.5. The van der Waals surface area contributed by atoms with Crippen molar-refractivity contribution < 1.29 is 26.4 Å². The summed E-state index contributed by atoms with van der Waals surface area (Å²) in [5.74, 6) is -1.52. The first-order valence-corrected chi connectivity index (χ1v) is 10.7.